The molecule has 0 fully saturated rings. The largest absolute Gasteiger partial charge is 0.240 e. The van der Waals surface area contributed by atoms with Gasteiger partial charge in [0.1, 0.15) is 0 Å². The second-order valence-electron chi connectivity index (χ2n) is 3.59. The van der Waals surface area contributed by atoms with Crippen LogP contribution in [0.25, 0.3) is 0 Å². The van der Waals surface area contributed by atoms with Crippen molar-refractivity contribution in [3.8, 4) is 6.07 Å². The molecule has 0 radical (unpaired) electrons. The second-order valence-corrected chi connectivity index (χ2v) is 6.17. The lowest BCUT2D eigenvalue weighted by atomic mass is 10.2. The number of sulfonamides is 1. The Hall–Kier alpha value is -0.800. The first-order valence-electron chi connectivity index (χ1n) is 5.29. The third kappa shape index (κ3) is 4.46. The predicted molar refractivity (Wildman–Crippen MR) is 71.1 cm³/mol. The summed E-state index contributed by atoms with van der Waals surface area (Å²) in [5, 5.41) is 8.85. The van der Waals surface area contributed by atoms with E-state index in [9.17, 15) is 8.42 Å². The van der Waals surface area contributed by atoms with Crippen LogP contribution in [-0.4, -0.2) is 15.0 Å². The van der Waals surface area contributed by atoms with Crippen molar-refractivity contribution in [1.82, 2.24) is 4.72 Å². The van der Waals surface area contributed by atoms with Crippen LogP contribution in [0, 0.1) is 11.3 Å². The van der Waals surface area contributed by atoms with Crippen LogP contribution in [0.1, 0.15) is 19.3 Å². The van der Waals surface area contributed by atoms with E-state index in [0.717, 1.165) is 0 Å². The van der Waals surface area contributed by atoms with Gasteiger partial charge in [-0.2, -0.15) is 5.26 Å². The molecule has 18 heavy (non-hydrogen) atoms. The van der Waals surface area contributed by atoms with E-state index in [1.165, 1.54) is 18.2 Å². The minimum Gasteiger partial charge on any atom is -0.211 e. The number of benzene rings is 1. The molecule has 0 unspecified atom stereocenters. The number of hydrogen-bond acceptors (Lipinski definition) is 3. The van der Waals surface area contributed by atoms with Crippen LogP contribution in [0.3, 0.4) is 0 Å². The molecule has 1 aromatic rings. The lowest BCUT2D eigenvalue weighted by Crippen LogP contribution is -2.24. The highest BCUT2D eigenvalue weighted by molar-refractivity contribution is 7.89. The zero-order chi connectivity index (χ0) is 13.6. The number of nitrogens with zero attached hydrogens (tertiary/aromatic N) is 1. The molecule has 1 N–H and O–H groups in total. The van der Waals surface area contributed by atoms with Crippen LogP contribution in [0.2, 0.25) is 10.0 Å². The lowest BCUT2D eigenvalue weighted by molar-refractivity contribution is 0.577. The lowest BCUT2D eigenvalue weighted by Gasteiger charge is -2.07. The summed E-state index contributed by atoms with van der Waals surface area (Å²) in [4.78, 5) is 0.0807. The quantitative estimate of drug-likeness (QED) is 0.821. The molecule has 0 saturated carbocycles. The topological polar surface area (TPSA) is 70.0 Å². The van der Waals surface area contributed by atoms with Gasteiger partial charge in [0.2, 0.25) is 10.0 Å². The molecule has 7 heteroatoms. The second kappa shape index (κ2) is 6.95. The van der Waals surface area contributed by atoms with Crippen molar-refractivity contribution in [1.29, 1.82) is 5.26 Å². The van der Waals surface area contributed by atoms with E-state index in [1.807, 2.05) is 6.07 Å². The standard InChI is InChI=1S/C11H12Cl2N2O2S/c12-10-5-4-9(8-11(10)13)18(16,17)15-7-3-1-2-6-14/h4-5,8,15H,1-3,7H2. The van der Waals surface area contributed by atoms with Crippen molar-refractivity contribution in [3.05, 3.63) is 28.2 Å². The van der Waals surface area contributed by atoms with Crippen molar-refractivity contribution in [2.75, 3.05) is 6.54 Å². The number of nitrogens with one attached hydrogen (secondary N) is 1. The summed E-state index contributed by atoms with van der Waals surface area (Å²) in [6, 6.07) is 6.14. The highest BCUT2D eigenvalue weighted by Gasteiger charge is 2.14. The minimum atomic E-state index is -3.56. The third-order valence-corrected chi connectivity index (χ3v) is 4.41. The Morgan fingerprint density at radius 1 is 1.22 bits per heavy atom. The molecule has 0 heterocycles. The van der Waals surface area contributed by atoms with Gasteiger partial charge in [-0.25, -0.2) is 13.1 Å². The van der Waals surface area contributed by atoms with E-state index in [1.54, 1.807) is 0 Å². The molecular formula is C11H12Cl2N2O2S. The Morgan fingerprint density at radius 2 is 1.94 bits per heavy atom. The molecular weight excluding hydrogens is 295 g/mol. The van der Waals surface area contributed by atoms with Crippen LogP contribution in [0.4, 0.5) is 0 Å². The summed E-state index contributed by atoms with van der Waals surface area (Å²) in [6.07, 6.45) is 1.71. The summed E-state index contributed by atoms with van der Waals surface area (Å²) >= 11 is 11.5. The normalized spacial score (nSPS) is 11.2. The molecule has 0 aliphatic carbocycles. The van der Waals surface area contributed by atoms with Gasteiger partial charge in [0, 0.05) is 13.0 Å². The Kier molecular flexibility index (Phi) is 5.89. The van der Waals surface area contributed by atoms with Crippen molar-refractivity contribution >= 4 is 33.2 Å². The number of halogens is 2. The van der Waals surface area contributed by atoms with Gasteiger partial charge in [0.05, 0.1) is 21.0 Å². The zero-order valence-electron chi connectivity index (χ0n) is 9.49. The predicted octanol–water partition coefficient (Wildman–Crippen LogP) is 2.97. The van der Waals surface area contributed by atoms with E-state index in [2.05, 4.69) is 4.72 Å². The molecule has 1 aromatic carbocycles. The van der Waals surface area contributed by atoms with Gasteiger partial charge in [0.15, 0.2) is 0 Å². The first-order valence-corrected chi connectivity index (χ1v) is 7.53. The fraction of sp³-hybridized carbons (Fsp3) is 0.364. The van der Waals surface area contributed by atoms with Gasteiger partial charge < -0.3 is 0 Å². The number of nitriles is 1. The van der Waals surface area contributed by atoms with Crippen LogP contribution in [0.5, 0.6) is 0 Å². The highest BCUT2D eigenvalue weighted by Crippen LogP contribution is 2.24. The van der Waals surface area contributed by atoms with Gasteiger partial charge in [-0.1, -0.05) is 23.2 Å². The van der Waals surface area contributed by atoms with E-state index < -0.39 is 10.0 Å². The summed E-state index contributed by atoms with van der Waals surface area (Å²) in [7, 11) is -3.56. The molecule has 0 aliphatic heterocycles. The van der Waals surface area contributed by atoms with Crippen LogP contribution in [-0.2, 0) is 10.0 Å². The van der Waals surface area contributed by atoms with Crippen LogP contribution in [0.15, 0.2) is 23.1 Å². The Labute approximate surface area is 117 Å². The van der Waals surface area contributed by atoms with Gasteiger partial charge in [-0.3, -0.25) is 0 Å². The Morgan fingerprint density at radius 3 is 2.56 bits per heavy atom. The Balaban J connectivity index is 2.63. The van der Waals surface area contributed by atoms with Crippen LogP contribution < -0.4 is 4.72 Å². The maximum absolute atomic E-state index is 11.9. The molecule has 0 aromatic heterocycles. The molecule has 0 atom stereocenters. The van der Waals surface area contributed by atoms with Gasteiger partial charge in [-0.15, -0.1) is 0 Å². The molecule has 4 nitrogen and oxygen atoms in total. The monoisotopic (exact) mass is 306 g/mol. The summed E-state index contributed by atoms with van der Waals surface area (Å²) in [5.74, 6) is 0. The van der Waals surface area contributed by atoms with Crippen LogP contribution >= 0.6 is 23.2 Å². The molecule has 98 valence electrons. The maximum Gasteiger partial charge on any atom is 0.240 e. The van der Waals surface area contributed by atoms with E-state index in [4.69, 9.17) is 28.5 Å². The summed E-state index contributed by atoms with van der Waals surface area (Å²) in [5.41, 5.74) is 0. The van der Waals surface area contributed by atoms with E-state index in [-0.39, 0.29) is 9.92 Å². The van der Waals surface area contributed by atoms with E-state index >= 15 is 0 Å². The first kappa shape index (κ1) is 15.3. The molecule has 0 aliphatic rings. The number of hydrogen-bond donors (Lipinski definition) is 1. The van der Waals surface area contributed by atoms with Crippen molar-refractivity contribution in [2.24, 2.45) is 0 Å². The smallest absolute Gasteiger partial charge is 0.211 e. The fourth-order valence-electron chi connectivity index (χ4n) is 1.26. The number of unbranched alkanes of at least 4 members (excludes halogenated alkanes) is 2. The minimum absolute atomic E-state index is 0.0807. The summed E-state index contributed by atoms with van der Waals surface area (Å²) in [6.45, 7) is 0.296. The van der Waals surface area contributed by atoms with Crippen molar-refractivity contribution < 1.29 is 8.42 Å². The van der Waals surface area contributed by atoms with Crippen molar-refractivity contribution in [3.63, 3.8) is 0 Å². The van der Waals surface area contributed by atoms with Gasteiger partial charge >= 0.3 is 0 Å². The average Bonchev–Trinajstić information content (AvgIpc) is 2.32. The van der Waals surface area contributed by atoms with Crippen molar-refractivity contribution in [2.45, 2.75) is 24.2 Å². The first-order chi connectivity index (χ1) is 8.47. The highest BCUT2D eigenvalue weighted by atomic mass is 35.5. The van der Waals surface area contributed by atoms with E-state index in [0.29, 0.717) is 30.8 Å². The summed E-state index contributed by atoms with van der Waals surface area (Å²) < 4.78 is 26.1. The Bertz CT molecular complexity index is 553. The average molecular weight is 307 g/mol. The fourth-order valence-corrected chi connectivity index (χ4v) is 2.73. The van der Waals surface area contributed by atoms with Gasteiger partial charge in [0.25, 0.3) is 0 Å². The zero-order valence-corrected chi connectivity index (χ0v) is 11.8. The molecule has 0 amide bonds. The molecule has 0 spiro atoms. The molecule has 1 rings (SSSR count). The molecule has 0 bridgehead atoms. The third-order valence-electron chi connectivity index (χ3n) is 2.21. The number of rotatable bonds is 6. The maximum atomic E-state index is 11.9. The van der Waals surface area contributed by atoms with Gasteiger partial charge in [-0.05, 0) is 31.0 Å². The SMILES string of the molecule is N#CCCCCNS(=O)(=O)c1ccc(Cl)c(Cl)c1. The molecule has 0 saturated heterocycles.